The molecule has 1 aromatic carbocycles. The molecular weight excluding hydrogens is 334 g/mol. The number of likely N-dealkylation sites (tertiary alicyclic amines) is 1. The van der Waals surface area contributed by atoms with Crippen molar-refractivity contribution in [1.29, 1.82) is 0 Å². The molecule has 3 amide bonds. The molecule has 1 aliphatic rings. The smallest absolute Gasteiger partial charge is 0.322 e. The van der Waals surface area contributed by atoms with Gasteiger partial charge in [0.1, 0.15) is 6.04 Å². The van der Waals surface area contributed by atoms with Gasteiger partial charge in [-0.25, -0.2) is 4.79 Å². The predicted octanol–water partition coefficient (Wildman–Crippen LogP) is 2.43. The van der Waals surface area contributed by atoms with Gasteiger partial charge in [-0.3, -0.25) is 9.59 Å². The molecule has 1 aliphatic heterocycles. The zero-order valence-electron chi connectivity index (χ0n) is 15.4. The molecule has 1 saturated heterocycles. The third-order valence-corrected chi connectivity index (χ3v) is 4.31. The molecular formula is C19H27N3O4. The van der Waals surface area contributed by atoms with Gasteiger partial charge in [0.05, 0.1) is 0 Å². The highest BCUT2D eigenvalue weighted by molar-refractivity contribution is 5.97. The molecule has 1 atom stereocenters. The lowest BCUT2D eigenvalue weighted by atomic mass is 10.1. The van der Waals surface area contributed by atoms with Crippen LogP contribution in [0.4, 0.5) is 10.5 Å². The van der Waals surface area contributed by atoms with Gasteiger partial charge < -0.3 is 20.3 Å². The van der Waals surface area contributed by atoms with Gasteiger partial charge in [0, 0.05) is 37.6 Å². The molecule has 0 radical (unpaired) electrons. The average Bonchev–Trinajstić information content (AvgIpc) is 3.11. The van der Waals surface area contributed by atoms with Crippen LogP contribution in [-0.2, 0) is 9.53 Å². The van der Waals surface area contributed by atoms with Gasteiger partial charge in [-0.2, -0.15) is 0 Å². The van der Waals surface area contributed by atoms with Crippen molar-refractivity contribution in [2.75, 3.05) is 31.6 Å². The number of hydrogen-bond acceptors (Lipinski definition) is 4. The Bertz CT molecular complexity index is 647. The van der Waals surface area contributed by atoms with Gasteiger partial charge in [-0.1, -0.05) is 12.1 Å². The molecule has 26 heavy (non-hydrogen) atoms. The molecule has 0 saturated carbocycles. The quantitative estimate of drug-likeness (QED) is 0.550. The molecule has 0 spiro atoms. The van der Waals surface area contributed by atoms with Crippen LogP contribution in [0.2, 0.25) is 0 Å². The molecule has 7 nitrogen and oxygen atoms in total. The fraction of sp³-hybridized carbons (Fsp3) is 0.526. The number of ether oxygens (including phenoxy) is 1. The lowest BCUT2D eigenvalue weighted by Gasteiger charge is -2.24. The fourth-order valence-corrected chi connectivity index (χ4v) is 2.94. The maximum absolute atomic E-state index is 12.6. The number of anilines is 1. The van der Waals surface area contributed by atoms with Crippen LogP contribution in [0.15, 0.2) is 24.3 Å². The molecule has 1 fully saturated rings. The Hall–Kier alpha value is -2.41. The molecule has 0 aromatic heterocycles. The number of nitrogens with zero attached hydrogens (tertiary/aromatic N) is 1. The highest BCUT2D eigenvalue weighted by Crippen LogP contribution is 2.20. The van der Waals surface area contributed by atoms with Crippen molar-refractivity contribution in [3.8, 4) is 0 Å². The minimum Gasteiger partial charge on any atom is -0.382 e. The third kappa shape index (κ3) is 5.56. The van der Waals surface area contributed by atoms with Crippen molar-refractivity contribution < 1.29 is 19.1 Å². The summed E-state index contributed by atoms with van der Waals surface area (Å²) in [5.74, 6) is -0.196. The number of Topliss-reactive ketones (excluding diaryl/α,β-unsaturated/α-hetero) is 1. The van der Waals surface area contributed by atoms with E-state index < -0.39 is 6.04 Å². The first-order valence-electron chi connectivity index (χ1n) is 9.07. The van der Waals surface area contributed by atoms with Crippen molar-refractivity contribution in [3.63, 3.8) is 0 Å². The van der Waals surface area contributed by atoms with E-state index in [4.69, 9.17) is 4.74 Å². The van der Waals surface area contributed by atoms with Crippen LogP contribution in [0.1, 0.15) is 43.5 Å². The summed E-state index contributed by atoms with van der Waals surface area (Å²) in [6, 6.07) is 6.00. The lowest BCUT2D eigenvalue weighted by Crippen LogP contribution is -2.47. The Morgan fingerprint density at radius 3 is 2.85 bits per heavy atom. The maximum atomic E-state index is 12.6. The van der Waals surface area contributed by atoms with Gasteiger partial charge in [-0.15, -0.1) is 0 Å². The summed E-state index contributed by atoms with van der Waals surface area (Å²) in [4.78, 5) is 37.9. The number of carbonyl (C=O) groups excluding carboxylic acids is 3. The van der Waals surface area contributed by atoms with E-state index in [-0.39, 0.29) is 17.7 Å². The third-order valence-electron chi connectivity index (χ3n) is 4.31. The number of carbonyl (C=O) groups is 3. The normalized spacial score (nSPS) is 16.4. The molecule has 0 bridgehead atoms. The topological polar surface area (TPSA) is 87.7 Å². The van der Waals surface area contributed by atoms with E-state index >= 15 is 0 Å². The van der Waals surface area contributed by atoms with Crippen LogP contribution in [0.3, 0.4) is 0 Å². The largest absolute Gasteiger partial charge is 0.382 e. The molecule has 2 rings (SSSR count). The lowest BCUT2D eigenvalue weighted by molar-refractivity contribution is -0.124. The number of benzene rings is 1. The second kappa shape index (κ2) is 9.91. The maximum Gasteiger partial charge on any atom is 0.322 e. The van der Waals surface area contributed by atoms with Crippen molar-refractivity contribution in [2.45, 2.75) is 39.2 Å². The van der Waals surface area contributed by atoms with Crippen molar-refractivity contribution >= 4 is 23.4 Å². The summed E-state index contributed by atoms with van der Waals surface area (Å²) < 4.78 is 5.24. The molecule has 1 heterocycles. The highest BCUT2D eigenvalue weighted by Gasteiger charge is 2.33. The Labute approximate surface area is 154 Å². The minimum atomic E-state index is -0.460. The summed E-state index contributed by atoms with van der Waals surface area (Å²) in [6.07, 6.45) is 2.19. The van der Waals surface area contributed by atoms with E-state index in [2.05, 4.69) is 10.6 Å². The van der Waals surface area contributed by atoms with Crippen LogP contribution in [-0.4, -0.2) is 55.0 Å². The van der Waals surface area contributed by atoms with Gasteiger partial charge in [0.25, 0.3) is 0 Å². The predicted molar refractivity (Wildman–Crippen MR) is 99.3 cm³/mol. The standard InChI is InChI=1S/C19H27N3O4/c1-3-26-12-6-10-20-18(24)17-9-5-11-22(17)19(25)21-16-8-4-7-15(13-16)14(2)23/h4,7-8,13,17H,3,5-6,9-12H2,1-2H3,(H,20,24)(H,21,25). The van der Waals surface area contributed by atoms with Crippen LogP contribution in [0.5, 0.6) is 0 Å². The summed E-state index contributed by atoms with van der Waals surface area (Å²) >= 11 is 0. The van der Waals surface area contributed by atoms with E-state index in [0.717, 1.165) is 12.8 Å². The number of urea groups is 1. The Kier molecular flexibility index (Phi) is 7.59. The van der Waals surface area contributed by atoms with Crippen LogP contribution in [0.25, 0.3) is 0 Å². The summed E-state index contributed by atoms with van der Waals surface area (Å²) in [5, 5.41) is 5.65. The molecule has 0 aliphatic carbocycles. The van der Waals surface area contributed by atoms with Crippen LogP contribution in [0, 0.1) is 0 Å². The molecule has 2 N–H and O–H groups in total. The first-order chi connectivity index (χ1) is 12.5. The second-order valence-electron chi connectivity index (χ2n) is 6.26. The summed E-state index contributed by atoms with van der Waals surface area (Å²) in [7, 11) is 0. The van der Waals surface area contributed by atoms with Crippen molar-refractivity contribution in [3.05, 3.63) is 29.8 Å². The van der Waals surface area contributed by atoms with Gasteiger partial charge in [0.15, 0.2) is 5.78 Å². The zero-order chi connectivity index (χ0) is 18.9. The first kappa shape index (κ1) is 19.9. The number of hydrogen-bond donors (Lipinski definition) is 2. The minimum absolute atomic E-state index is 0.0634. The molecule has 1 aromatic rings. The summed E-state index contributed by atoms with van der Waals surface area (Å²) in [6.45, 7) is 5.75. The van der Waals surface area contributed by atoms with Crippen LogP contribution >= 0.6 is 0 Å². The molecule has 142 valence electrons. The number of amides is 3. The van der Waals surface area contributed by atoms with Gasteiger partial charge in [-0.05, 0) is 45.2 Å². The zero-order valence-corrected chi connectivity index (χ0v) is 15.4. The van der Waals surface area contributed by atoms with Gasteiger partial charge in [0.2, 0.25) is 5.91 Å². The van der Waals surface area contributed by atoms with E-state index in [1.54, 1.807) is 29.2 Å². The molecule has 1 unspecified atom stereocenters. The van der Waals surface area contributed by atoms with Crippen molar-refractivity contribution in [2.24, 2.45) is 0 Å². The van der Waals surface area contributed by atoms with E-state index in [1.165, 1.54) is 6.92 Å². The molecule has 7 heteroatoms. The number of nitrogens with one attached hydrogen (secondary N) is 2. The SMILES string of the molecule is CCOCCCNC(=O)C1CCCN1C(=O)Nc1cccc(C(C)=O)c1. The van der Waals surface area contributed by atoms with E-state index in [9.17, 15) is 14.4 Å². The average molecular weight is 361 g/mol. The Morgan fingerprint density at radius 2 is 2.12 bits per heavy atom. The van der Waals surface area contributed by atoms with Crippen molar-refractivity contribution in [1.82, 2.24) is 10.2 Å². The number of rotatable bonds is 8. The Balaban J connectivity index is 1.90. The second-order valence-corrected chi connectivity index (χ2v) is 6.26. The van der Waals surface area contributed by atoms with E-state index in [1.807, 2.05) is 6.92 Å². The fourth-order valence-electron chi connectivity index (χ4n) is 2.94. The monoisotopic (exact) mass is 361 g/mol. The Morgan fingerprint density at radius 1 is 1.31 bits per heavy atom. The van der Waals surface area contributed by atoms with Gasteiger partial charge >= 0.3 is 6.03 Å². The first-order valence-corrected chi connectivity index (χ1v) is 9.07. The highest BCUT2D eigenvalue weighted by atomic mass is 16.5. The van der Waals surface area contributed by atoms with E-state index in [0.29, 0.717) is 44.0 Å². The summed E-state index contributed by atoms with van der Waals surface area (Å²) in [5.41, 5.74) is 1.08. The van der Waals surface area contributed by atoms with Crippen LogP contribution < -0.4 is 10.6 Å². The number of ketones is 1.